The normalized spacial score (nSPS) is 11.8. The predicted molar refractivity (Wildman–Crippen MR) is 56.8 cm³/mol. The maximum atomic E-state index is 11.5. The van der Waals surface area contributed by atoms with E-state index in [2.05, 4.69) is 27.2 Å². The van der Waals surface area contributed by atoms with E-state index >= 15 is 0 Å². The molecule has 0 saturated heterocycles. The van der Waals surface area contributed by atoms with Gasteiger partial charge in [0, 0.05) is 0 Å². The van der Waals surface area contributed by atoms with Crippen LogP contribution < -0.4 is 5.32 Å². The van der Waals surface area contributed by atoms with E-state index < -0.39 is 0 Å². The monoisotopic (exact) mass is 255 g/mol. The van der Waals surface area contributed by atoms with E-state index in [1.165, 1.54) is 0 Å². The smallest absolute Gasteiger partial charge is 0.288 e. The number of furan rings is 1. The topological polar surface area (TPSA) is 42.2 Å². The van der Waals surface area contributed by atoms with Crippen molar-refractivity contribution in [3.05, 3.63) is 22.6 Å². The van der Waals surface area contributed by atoms with Crippen LogP contribution in [0.2, 0.25) is 0 Å². The molecule has 0 aliphatic heterocycles. The van der Waals surface area contributed by atoms with Gasteiger partial charge in [0.05, 0.1) is 6.04 Å². The maximum absolute atomic E-state index is 11.5. The van der Waals surface area contributed by atoms with Crippen LogP contribution in [0.5, 0.6) is 0 Å². The summed E-state index contributed by atoms with van der Waals surface area (Å²) < 4.78 is 5.60. The Hall–Kier alpha value is -1.21. The van der Waals surface area contributed by atoms with Crippen molar-refractivity contribution in [1.29, 1.82) is 0 Å². The van der Waals surface area contributed by atoms with Gasteiger partial charge in [-0.1, -0.05) is 12.8 Å². The minimum atomic E-state index is -0.291. The highest BCUT2D eigenvalue weighted by atomic mass is 79.9. The molecular weight excluding hydrogens is 246 g/mol. The van der Waals surface area contributed by atoms with Crippen LogP contribution in [-0.2, 0) is 0 Å². The van der Waals surface area contributed by atoms with Crippen LogP contribution in [0.4, 0.5) is 0 Å². The van der Waals surface area contributed by atoms with Crippen molar-refractivity contribution in [3.8, 4) is 12.3 Å². The van der Waals surface area contributed by atoms with Gasteiger partial charge < -0.3 is 9.73 Å². The molecule has 0 radical (unpaired) electrons. The minimum Gasteiger partial charge on any atom is -0.444 e. The van der Waals surface area contributed by atoms with Crippen molar-refractivity contribution in [2.24, 2.45) is 0 Å². The molecule has 4 heteroatoms. The maximum Gasteiger partial charge on any atom is 0.288 e. The minimum absolute atomic E-state index is 0.244. The number of carbonyl (C=O) groups is 1. The fourth-order valence-electron chi connectivity index (χ4n) is 0.927. The summed E-state index contributed by atoms with van der Waals surface area (Å²) in [6.07, 6.45) is 5.91. The van der Waals surface area contributed by atoms with Gasteiger partial charge in [0.25, 0.3) is 5.91 Å². The van der Waals surface area contributed by atoms with E-state index in [1.54, 1.807) is 12.1 Å². The predicted octanol–water partition coefficient (Wildman–Crippen LogP) is 2.18. The standard InChI is InChI=1S/C10H10BrNO2/c1-3-7(4-2)12-10(13)8-5-6-9(11)14-8/h1,5-7H,4H2,2H3,(H,12,13). The molecule has 1 unspecified atom stereocenters. The van der Waals surface area contributed by atoms with Crippen LogP contribution >= 0.6 is 15.9 Å². The molecule has 74 valence electrons. The van der Waals surface area contributed by atoms with Crippen LogP contribution in [0.25, 0.3) is 0 Å². The number of hydrogen-bond donors (Lipinski definition) is 1. The van der Waals surface area contributed by atoms with Gasteiger partial charge >= 0.3 is 0 Å². The van der Waals surface area contributed by atoms with Gasteiger partial charge in [0.2, 0.25) is 0 Å². The molecule has 1 amide bonds. The third-order valence-corrected chi connectivity index (χ3v) is 2.14. The summed E-state index contributed by atoms with van der Waals surface area (Å²) in [5.41, 5.74) is 0. The first-order valence-electron chi connectivity index (χ1n) is 4.19. The van der Waals surface area contributed by atoms with Crippen molar-refractivity contribution >= 4 is 21.8 Å². The second kappa shape index (κ2) is 4.87. The lowest BCUT2D eigenvalue weighted by Gasteiger charge is -2.08. The van der Waals surface area contributed by atoms with E-state index in [1.807, 2.05) is 6.92 Å². The third kappa shape index (κ3) is 2.64. The van der Waals surface area contributed by atoms with Gasteiger partial charge in [-0.2, -0.15) is 0 Å². The van der Waals surface area contributed by atoms with Gasteiger partial charge in [-0.3, -0.25) is 4.79 Å². The molecule has 0 saturated carbocycles. The zero-order valence-electron chi connectivity index (χ0n) is 7.71. The molecule has 1 N–H and O–H groups in total. The number of terminal acetylenes is 1. The van der Waals surface area contributed by atoms with Crippen LogP contribution in [0.3, 0.4) is 0 Å². The molecule has 0 aromatic carbocycles. The highest BCUT2D eigenvalue weighted by Gasteiger charge is 2.12. The molecule has 1 aromatic rings. The molecule has 0 aliphatic carbocycles. The van der Waals surface area contributed by atoms with Crippen molar-refractivity contribution in [1.82, 2.24) is 5.32 Å². The number of nitrogens with one attached hydrogen (secondary N) is 1. The van der Waals surface area contributed by atoms with E-state index in [-0.39, 0.29) is 17.7 Å². The van der Waals surface area contributed by atoms with Gasteiger partial charge in [0.1, 0.15) is 0 Å². The number of hydrogen-bond acceptors (Lipinski definition) is 2. The number of rotatable bonds is 3. The Labute approximate surface area is 91.0 Å². The lowest BCUT2D eigenvalue weighted by Crippen LogP contribution is -2.32. The molecule has 1 rings (SSSR count). The van der Waals surface area contributed by atoms with Gasteiger partial charge in [-0.05, 0) is 34.5 Å². The SMILES string of the molecule is C#CC(CC)NC(=O)c1ccc(Br)o1. The zero-order chi connectivity index (χ0) is 10.6. The largest absolute Gasteiger partial charge is 0.444 e. The molecule has 1 atom stereocenters. The van der Waals surface area contributed by atoms with Crippen molar-refractivity contribution < 1.29 is 9.21 Å². The Bertz CT molecular complexity index is 364. The molecule has 0 fully saturated rings. The van der Waals surface area contributed by atoms with Gasteiger partial charge in [0.15, 0.2) is 10.4 Å². The average molecular weight is 256 g/mol. The van der Waals surface area contributed by atoms with Crippen LogP contribution in [0.15, 0.2) is 21.2 Å². The first-order chi connectivity index (χ1) is 6.67. The fraction of sp³-hybridized carbons (Fsp3) is 0.300. The molecular formula is C10H10BrNO2. The molecule has 0 bridgehead atoms. The number of carbonyl (C=O) groups excluding carboxylic acids is 1. The van der Waals surface area contributed by atoms with Crippen LogP contribution in [0, 0.1) is 12.3 Å². The number of halogens is 1. The first-order valence-corrected chi connectivity index (χ1v) is 4.99. The van der Waals surface area contributed by atoms with Gasteiger partial charge in [-0.15, -0.1) is 6.42 Å². The average Bonchev–Trinajstić information content (AvgIpc) is 2.61. The van der Waals surface area contributed by atoms with E-state index in [0.29, 0.717) is 11.1 Å². The van der Waals surface area contributed by atoms with Gasteiger partial charge in [-0.25, -0.2) is 0 Å². The fourth-order valence-corrected chi connectivity index (χ4v) is 1.23. The molecule has 1 aromatic heterocycles. The molecule has 1 heterocycles. The summed E-state index contributed by atoms with van der Waals surface area (Å²) in [4.78, 5) is 11.5. The second-order valence-electron chi connectivity index (χ2n) is 2.70. The lowest BCUT2D eigenvalue weighted by molar-refractivity contribution is 0.0916. The van der Waals surface area contributed by atoms with E-state index in [4.69, 9.17) is 10.8 Å². The Kier molecular flexibility index (Phi) is 3.78. The first kappa shape index (κ1) is 10.9. The highest BCUT2D eigenvalue weighted by Crippen LogP contribution is 2.13. The Morgan fingerprint density at radius 2 is 2.50 bits per heavy atom. The Morgan fingerprint density at radius 3 is 2.93 bits per heavy atom. The summed E-state index contributed by atoms with van der Waals surface area (Å²) in [6.45, 7) is 1.91. The number of amides is 1. The lowest BCUT2D eigenvalue weighted by atomic mass is 10.2. The quantitative estimate of drug-likeness (QED) is 0.842. The molecule has 0 spiro atoms. The summed E-state index contributed by atoms with van der Waals surface area (Å²) in [7, 11) is 0. The van der Waals surface area contributed by atoms with Crippen LogP contribution in [-0.4, -0.2) is 11.9 Å². The molecule has 3 nitrogen and oxygen atoms in total. The Morgan fingerprint density at radius 1 is 1.79 bits per heavy atom. The molecule has 14 heavy (non-hydrogen) atoms. The summed E-state index contributed by atoms with van der Waals surface area (Å²) in [5, 5.41) is 2.66. The Balaban J connectivity index is 2.64. The van der Waals surface area contributed by atoms with Crippen molar-refractivity contribution in [3.63, 3.8) is 0 Å². The highest BCUT2D eigenvalue weighted by molar-refractivity contribution is 9.10. The zero-order valence-corrected chi connectivity index (χ0v) is 9.30. The summed E-state index contributed by atoms with van der Waals surface area (Å²) in [6, 6.07) is 3.00. The van der Waals surface area contributed by atoms with Crippen molar-refractivity contribution in [2.45, 2.75) is 19.4 Å². The summed E-state index contributed by atoms with van der Waals surface area (Å²) in [5.74, 6) is 2.44. The van der Waals surface area contributed by atoms with E-state index in [9.17, 15) is 4.79 Å². The third-order valence-electron chi connectivity index (χ3n) is 1.71. The van der Waals surface area contributed by atoms with E-state index in [0.717, 1.165) is 0 Å². The van der Waals surface area contributed by atoms with Crippen molar-refractivity contribution in [2.75, 3.05) is 0 Å². The second-order valence-corrected chi connectivity index (χ2v) is 3.49. The molecule has 0 aliphatic rings. The van der Waals surface area contributed by atoms with Crippen LogP contribution in [0.1, 0.15) is 23.9 Å². The summed E-state index contributed by atoms with van der Waals surface area (Å²) >= 11 is 3.11.